The third kappa shape index (κ3) is 4.01. The van der Waals surface area contributed by atoms with E-state index in [9.17, 15) is 0 Å². The Morgan fingerprint density at radius 2 is 1.73 bits per heavy atom. The minimum atomic E-state index is 0.958. The highest BCUT2D eigenvalue weighted by atomic mass is 16.2. The van der Waals surface area contributed by atoms with Gasteiger partial charge in [0, 0.05) is 18.7 Å². The van der Waals surface area contributed by atoms with Gasteiger partial charge < -0.3 is 10.8 Å². The fraction of sp³-hybridized carbons (Fsp3) is 0.111. The van der Waals surface area contributed by atoms with Gasteiger partial charge in [0.15, 0.2) is 0 Å². The first-order valence-electron chi connectivity index (χ1n) is 3.15. The first kappa shape index (κ1) is 9.54. The number of hydrogen-bond donors (Lipinski definition) is 2. The number of aliphatic hydroxyl groups is 1. The highest BCUT2D eigenvalue weighted by Gasteiger charge is 1.77. The van der Waals surface area contributed by atoms with Crippen LogP contribution < -0.4 is 5.73 Å². The lowest BCUT2D eigenvalue weighted by molar-refractivity contribution is 0.399. The summed E-state index contributed by atoms with van der Waals surface area (Å²) in [5, 5.41) is 7.00. The van der Waals surface area contributed by atoms with Crippen LogP contribution in [0.2, 0.25) is 0 Å². The minimum absolute atomic E-state index is 0.958. The zero-order valence-corrected chi connectivity index (χ0v) is 6.41. The van der Waals surface area contributed by atoms with E-state index in [2.05, 4.69) is 12.0 Å². The molecule has 0 radical (unpaired) electrons. The minimum Gasteiger partial charge on any atom is -0.400 e. The molecule has 0 aliphatic heterocycles. The van der Waals surface area contributed by atoms with Crippen molar-refractivity contribution in [1.29, 1.82) is 0 Å². The third-order valence-electron chi connectivity index (χ3n) is 0.990. The topological polar surface area (TPSA) is 46.2 Å². The lowest BCUT2D eigenvalue weighted by Crippen LogP contribution is -1.77. The van der Waals surface area contributed by atoms with Gasteiger partial charge in [-0.2, -0.15) is 0 Å². The number of nitrogens with two attached hydrogens (primary N) is 1. The van der Waals surface area contributed by atoms with Crippen LogP contribution in [0, 0.1) is 12.0 Å². The van der Waals surface area contributed by atoms with Crippen molar-refractivity contribution in [2.45, 2.75) is 0 Å². The van der Waals surface area contributed by atoms with Crippen LogP contribution in [-0.4, -0.2) is 12.2 Å². The van der Waals surface area contributed by atoms with E-state index in [4.69, 9.17) is 10.8 Å². The predicted molar refractivity (Wildman–Crippen MR) is 45.7 cm³/mol. The molecule has 1 aromatic rings. The maximum Gasteiger partial charge on any atom is 0.0319 e. The summed E-state index contributed by atoms with van der Waals surface area (Å²) in [5.41, 5.74) is 5.96. The van der Waals surface area contributed by atoms with Gasteiger partial charge in [0.05, 0.1) is 0 Å². The smallest absolute Gasteiger partial charge is 0.0319 e. The van der Waals surface area contributed by atoms with Gasteiger partial charge in [-0.1, -0.05) is 18.2 Å². The first-order chi connectivity index (χ1) is 5.43. The zero-order chi connectivity index (χ0) is 8.53. The van der Waals surface area contributed by atoms with Gasteiger partial charge in [0.2, 0.25) is 0 Å². The Kier molecular flexibility index (Phi) is 5.77. The summed E-state index contributed by atoms with van der Waals surface area (Å²) in [5.74, 6) is 2.74. The molecule has 1 aromatic carbocycles. The van der Waals surface area contributed by atoms with Crippen LogP contribution in [0.3, 0.4) is 0 Å². The van der Waals surface area contributed by atoms with Crippen molar-refractivity contribution < 1.29 is 5.11 Å². The van der Waals surface area contributed by atoms with E-state index in [-0.39, 0.29) is 0 Å². The second-order valence-electron chi connectivity index (χ2n) is 1.64. The SMILES string of the molecule is CO.NC#Cc1ccccc1. The number of benzene rings is 1. The molecule has 2 nitrogen and oxygen atoms in total. The van der Waals surface area contributed by atoms with Crippen molar-refractivity contribution in [2.75, 3.05) is 7.11 Å². The predicted octanol–water partition coefficient (Wildman–Crippen LogP) is 0.563. The number of hydrogen-bond acceptors (Lipinski definition) is 2. The third-order valence-corrected chi connectivity index (χ3v) is 0.990. The Bertz CT molecular complexity index is 233. The second-order valence-corrected chi connectivity index (χ2v) is 1.64. The Labute approximate surface area is 66.7 Å². The zero-order valence-electron chi connectivity index (χ0n) is 6.41. The lowest BCUT2D eigenvalue weighted by atomic mass is 10.2. The molecule has 0 amide bonds. The van der Waals surface area contributed by atoms with Crippen LogP contribution in [0.4, 0.5) is 0 Å². The van der Waals surface area contributed by atoms with Crippen molar-refractivity contribution in [3.63, 3.8) is 0 Å². The van der Waals surface area contributed by atoms with E-state index < -0.39 is 0 Å². The first-order valence-corrected chi connectivity index (χ1v) is 3.15. The van der Waals surface area contributed by atoms with Crippen molar-refractivity contribution in [2.24, 2.45) is 5.73 Å². The van der Waals surface area contributed by atoms with Crippen molar-refractivity contribution >= 4 is 0 Å². The molecule has 2 heteroatoms. The fourth-order valence-electron chi connectivity index (χ4n) is 0.605. The number of aliphatic hydroxyl groups excluding tert-OH is 1. The Morgan fingerprint density at radius 3 is 2.18 bits per heavy atom. The molecule has 0 aliphatic carbocycles. The lowest BCUT2D eigenvalue weighted by Gasteiger charge is -1.83. The van der Waals surface area contributed by atoms with Crippen LogP contribution in [0.1, 0.15) is 5.56 Å². The highest BCUT2D eigenvalue weighted by molar-refractivity contribution is 5.32. The summed E-state index contributed by atoms with van der Waals surface area (Å²) in [6.45, 7) is 0. The maximum atomic E-state index is 7.00. The molecule has 0 saturated heterocycles. The summed E-state index contributed by atoms with van der Waals surface area (Å²) in [7, 11) is 1.00. The molecule has 0 fully saturated rings. The van der Waals surface area contributed by atoms with Gasteiger partial charge in [0.1, 0.15) is 0 Å². The molecule has 0 spiro atoms. The Hall–Kier alpha value is -1.46. The molecule has 0 bridgehead atoms. The molecule has 0 aliphatic rings. The highest BCUT2D eigenvalue weighted by Crippen LogP contribution is 1.93. The van der Waals surface area contributed by atoms with Gasteiger partial charge >= 0.3 is 0 Å². The Morgan fingerprint density at radius 1 is 1.18 bits per heavy atom. The van der Waals surface area contributed by atoms with Crippen LogP contribution in [0.15, 0.2) is 30.3 Å². The monoisotopic (exact) mass is 149 g/mol. The molecule has 1 rings (SSSR count). The molecular formula is C9H11NO. The van der Waals surface area contributed by atoms with Crippen LogP contribution in [0.25, 0.3) is 0 Å². The van der Waals surface area contributed by atoms with Crippen molar-refractivity contribution in [3.05, 3.63) is 35.9 Å². The second kappa shape index (κ2) is 6.66. The van der Waals surface area contributed by atoms with Crippen LogP contribution >= 0.6 is 0 Å². The molecule has 0 saturated carbocycles. The molecular weight excluding hydrogens is 138 g/mol. The number of rotatable bonds is 0. The summed E-state index contributed by atoms with van der Waals surface area (Å²) in [4.78, 5) is 0. The van der Waals surface area contributed by atoms with E-state index >= 15 is 0 Å². The Balaban J connectivity index is 0.000000461. The van der Waals surface area contributed by atoms with Gasteiger partial charge in [0.25, 0.3) is 0 Å². The molecule has 58 valence electrons. The van der Waals surface area contributed by atoms with E-state index in [1.54, 1.807) is 0 Å². The summed E-state index contributed by atoms with van der Waals surface area (Å²) in [6.07, 6.45) is 0. The standard InChI is InChI=1S/C8H7N.CH4O/c9-7-6-8-4-2-1-3-5-8;1-2/h1-5H,9H2;2H,1H3. The molecule has 0 aromatic heterocycles. The summed E-state index contributed by atoms with van der Waals surface area (Å²) < 4.78 is 0. The van der Waals surface area contributed by atoms with Crippen LogP contribution in [0.5, 0.6) is 0 Å². The fourth-order valence-corrected chi connectivity index (χ4v) is 0.605. The van der Waals surface area contributed by atoms with Crippen molar-refractivity contribution in [3.8, 4) is 12.0 Å². The maximum absolute atomic E-state index is 7.00. The van der Waals surface area contributed by atoms with Crippen molar-refractivity contribution in [1.82, 2.24) is 0 Å². The average molecular weight is 149 g/mol. The van der Waals surface area contributed by atoms with E-state index in [1.807, 2.05) is 30.3 Å². The molecule has 0 heterocycles. The molecule has 0 atom stereocenters. The van der Waals surface area contributed by atoms with Gasteiger partial charge in [-0.3, -0.25) is 0 Å². The summed E-state index contributed by atoms with van der Waals surface area (Å²) >= 11 is 0. The van der Waals surface area contributed by atoms with Gasteiger partial charge in [-0.25, -0.2) is 0 Å². The van der Waals surface area contributed by atoms with Crippen LogP contribution in [-0.2, 0) is 0 Å². The van der Waals surface area contributed by atoms with Gasteiger partial charge in [-0.15, -0.1) is 0 Å². The molecule has 11 heavy (non-hydrogen) atoms. The summed E-state index contributed by atoms with van der Waals surface area (Å²) in [6, 6.07) is 12.0. The quantitative estimate of drug-likeness (QED) is 0.418. The van der Waals surface area contributed by atoms with E-state index in [1.165, 1.54) is 0 Å². The average Bonchev–Trinajstić information content (AvgIpc) is 2.11. The molecule has 3 N–H and O–H groups in total. The van der Waals surface area contributed by atoms with E-state index in [0.29, 0.717) is 0 Å². The van der Waals surface area contributed by atoms with E-state index in [0.717, 1.165) is 12.7 Å². The molecule has 0 unspecified atom stereocenters. The normalized spacial score (nSPS) is 6.73. The largest absolute Gasteiger partial charge is 0.400 e. The van der Waals surface area contributed by atoms with Gasteiger partial charge in [-0.05, 0) is 18.1 Å².